The van der Waals surface area contributed by atoms with Crippen LogP contribution in [0.1, 0.15) is 36.3 Å². The zero-order chi connectivity index (χ0) is 16.6. The second-order valence-electron chi connectivity index (χ2n) is 5.23. The monoisotopic (exact) mass is 323 g/mol. The summed E-state index contributed by atoms with van der Waals surface area (Å²) in [6, 6.07) is 3.92. The van der Waals surface area contributed by atoms with Gasteiger partial charge in [0, 0.05) is 0 Å². The van der Waals surface area contributed by atoms with Crippen molar-refractivity contribution in [3.05, 3.63) is 35.4 Å². The third-order valence-electron chi connectivity index (χ3n) is 3.88. The largest absolute Gasteiger partial charge is 0.404 e. The maximum atomic E-state index is 12.6. The fourth-order valence-electron chi connectivity index (χ4n) is 2.61. The molecule has 22 heavy (non-hydrogen) atoms. The number of nitrogens with zero attached hydrogens (tertiary/aromatic N) is 1. The number of isocyanates is 1. The van der Waals surface area contributed by atoms with Crippen LogP contribution in [0.2, 0.25) is 0 Å². The zero-order valence-corrected chi connectivity index (χ0v) is 11.1. The molecule has 1 aromatic rings. The van der Waals surface area contributed by atoms with Crippen molar-refractivity contribution in [1.29, 1.82) is 0 Å². The maximum absolute atomic E-state index is 12.6. The molecule has 0 saturated heterocycles. The van der Waals surface area contributed by atoms with Gasteiger partial charge in [-0.2, -0.15) is 31.3 Å². The molecular weight excluding hydrogens is 312 g/mol. The SMILES string of the molecule is O=C=NC1(c2ccc(C(C(F)(F)F)C(F)(F)F)cc2)CCC1. The summed E-state index contributed by atoms with van der Waals surface area (Å²) in [5.41, 5.74) is -1.31. The number of hydrogen-bond acceptors (Lipinski definition) is 2. The van der Waals surface area contributed by atoms with Gasteiger partial charge in [0.1, 0.15) is 0 Å². The molecular formula is C14H11F6NO. The molecule has 0 amide bonds. The molecule has 1 fully saturated rings. The van der Waals surface area contributed by atoms with Crippen molar-refractivity contribution in [3.63, 3.8) is 0 Å². The minimum absolute atomic E-state index is 0.425. The number of benzene rings is 1. The van der Waals surface area contributed by atoms with Crippen LogP contribution in [-0.4, -0.2) is 18.4 Å². The van der Waals surface area contributed by atoms with Crippen molar-refractivity contribution in [1.82, 2.24) is 0 Å². The molecule has 0 radical (unpaired) electrons. The van der Waals surface area contributed by atoms with E-state index in [1.54, 1.807) is 0 Å². The Kier molecular flexibility index (Phi) is 4.08. The molecule has 0 bridgehead atoms. The van der Waals surface area contributed by atoms with E-state index in [1.807, 2.05) is 0 Å². The van der Waals surface area contributed by atoms with Crippen LogP contribution >= 0.6 is 0 Å². The van der Waals surface area contributed by atoms with Gasteiger partial charge in [-0.1, -0.05) is 24.3 Å². The molecule has 0 unspecified atom stereocenters. The van der Waals surface area contributed by atoms with Crippen LogP contribution in [0.3, 0.4) is 0 Å². The van der Waals surface area contributed by atoms with Gasteiger partial charge in [-0.25, -0.2) is 4.79 Å². The molecule has 0 aromatic heterocycles. The van der Waals surface area contributed by atoms with Crippen LogP contribution in [0, 0.1) is 0 Å². The molecule has 2 rings (SSSR count). The summed E-state index contributed by atoms with van der Waals surface area (Å²) in [6.45, 7) is 0. The van der Waals surface area contributed by atoms with Crippen molar-refractivity contribution in [2.45, 2.75) is 43.1 Å². The first-order chi connectivity index (χ1) is 10.1. The summed E-state index contributed by atoms with van der Waals surface area (Å²) in [6.07, 6.45) is -7.62. The minimum atomic E-state index is -5.42. The van der Waals surface area contributed by atoms with Gasteiger partial charge < -0.3 is 0 Å². The highest BCUT2D eigenvalue weighted by molar-refractivity contribution is 5.40. The molecule has 0 atom stereocenters. The van der Waals surface area contributed by atoms with Gasteiger partial charge >= 0.3 is 12.4 Å². The highest BCUT2D eigenvalue weighted by atomic mass is 19.4. The lowest BCUT2D eigenvalue weighted by atomic mass is 9.72. The Bertz CT molecular complexity index is 565. The Morgan fingerprint density at radius 2 is 1.50 bits per heavy atom. The van der Waals surface area contributed by atoms with Crippen LogP contribution < -0.4 is 0 Å². The normalized spacial score (nSPS) is 17.8. The topological polar surface area (TPSA) is 29.4 Å². The van der Waals surface area contributed by atoms with Crippen molar-refractivity contribution < 1.29 is 31.1 Å². The van der Waals surface area contributed by atoms with Gasteiger partial charge in [-0.15, -0.1) is 0 Å². The Balaban J connectivity index is 2.37. The summed E-state index contributed by atoms with van der Waals surface area (Å²) in [5.74, 6) is -3.53. The van der Waals surface area contributed by atoms with E-state index in [2.05, 4.69) is 4.99 Å². The first-order valence-electron chi connectivity index (χ1n) is 6.43. The van der Waals surface area contributed by atoms with E-state index in [9.17, 15) is 31.1 Å². The van der Waals surface area contributed by atoms with Crippen LogP contribution in [0.4, 0.5) is 26.3 Å². The second-order valence-corrected chi connectivity index (χ2v) is 5.23. The first-order valence-corrected chi connectivity index (χ1v) is 6.43. The smallest absolute Gasteiger partial charge is 0.211 e. The predicted octanol–water partition coefficient (Wildman–Crippen LogP) is 4.61. The van der Waals surface area contributed by atoms with Gasteiger partial charge in [-0.05, 0) is 30.4 Å². The van der Waals surface area contributed by atoms with Crippen molar-refractivity contribution in [2.24, 2.45) is 4.99 Å². The van der Waals surface area contributed by atoms with Crippen molar-refractivity contribution >= 4 is 6.08 Å². The molecule has 1 aliphatic rings. The van der Waals surface area contributed by atoms with Crippen LogP contribution in [-0.2, 0) is 10.3 Å². The van der Waals surface area contributed by atoms with E-state index in [4.69, 9.17) is 0 Å². The molecule has 8 heteroatoms. The Hall–Kier alpha value is -1.82. The number of halogens is 6. The summed E-state index contributed by atoms with van der Waals surface area (Å²) < 4.78 is 75.9. The van der Waals surface area contributed by atoms with Gasteiger partial charge in [0.05, 0.1) is 5.54 Å². The van der Waals surface area contributed by atoms with Crippen molar-refractivity contribution in [2.75, 3.05) is 0 Å². The second kappa shape index (κ2) is 5.43. The number of rotatable bonds is 3. The van der Waals surface area contributed by atoms with Gasteiger partial charge in [0.2, 0.25) is 6.08 Å². The Labute approximate surface area is 121 Å². The third kappa shape index (κ3) is 3.02. The molecule has 1 saturated carbocycles. The van der Waals surface area contributed by atoms with Crippen LogP contribution in [0.25, 0.3) is 0 Å². The minimum Gasteiger partial charge on any atom is -0.211 e. The van der Waals surface area contributed by atoms with Gasteiger partial charge in [-0.3, -0.25) is 0 Å². The van der Waals surface area contributed by atoms with E-state index >= 15 is 0 Å². The zero-order valence-electron chi connectivity index (χ0n) is 11.1. The lowest BCUT2D eigenvalue weighted by Gasteiger charge is -2.37. The number of aliphatic imine (C=N–C) groups is 1. The van der Waals surface area contributed by atoms with Crippen LogP contribution in [0.5, 0.6) is 0 Å². The van der Waals surface area contributed by atoms with Gasteiger partial charge in [0.15, 0.2) is 5.92 Å². The average Bonchev–Trinajstić information content (AvgIpc) is 2.31. The molecule has 120 valence electrons. The highest BCUT2D eigenvalue weighted by Gasteiger charge is 2.57. The van der Waals surface area contributed by atoms with Crippen LogP contribution in [0.15, 0.2) is 29.3 Å². The Morgan fingerprint density at radius 1 is 1.00 bits per heavy atom. The fraction of sp³-hybridized carbons (Fsp3) is 0.500. The molecule has 0 heterocycles. The predicted molar refractivity (Wildman–Crippen MR) is 64.9 cm³/mol. The van der Waals surface area contributed by atoms with E-state index in [-0.39, 0.29) is 0 Å². The summed E-state index contributed by atoms with van der Waals surface area (Å²) in [4.78, 5) is 14.1. The van der Waals surface area contributed by atoms with E-state index in [0.29, 0.717) is 18.4 Å². The van der Waals surface area contributed by atoms with E-state index in [1.165, 1.54) is 18.2 Å². The molecule has 2 nitrogen and oxygen atoms in total. The number of hydrogen-bond donors (Lipinski definition) is 0. The van der Waals surface area contributed by atoms with E-state index < -0.39 is 29.4 Å². The van der Waals surface area contributed by atoms with Gasteiger partial charge in [0.25, 0.3) is 0 Å². The quantitative estimate of drug-likeness (QED) is 0.454. The molecule has 0 aliphatic heterocycles. The standard InChI is InChI=1S/C14H11F6NO/c15-13(16,17)11(14(18,19)20)9-2-4-10(5-3-9)12(21-8-22)6-1-7-12/h2-5,11H,1,6-7H2. The van der Waals surface area contributed by atoms with Crippen molar-refractivity contribution in [3.8, 4) is 0 Å². The average molecular weight is 323 g/mol. The number of alkyl halides is 6. The lowest BCUT2D eigenvalue weighted by molar-refractivity contribution is -0.253. The summed E-state index contributed by atoms with van der Waals surface area (Å²) in [7, 11) is 0. The molecule has 1 aliphatic carbocycles. The number of carbonyl (C=O) groups excluding carboxylic acids is 1. The molecule has 0 spiro atoms. The third-order valence-corrected chi connectivity index (χ3v) is 3.88. The fourth-order valence-corrected chi connectivity index (χ4v) is 2.61. The maximum Gasteiger partial charge on any atom is 0.404 e. The summed E-state index contributed by atoms with van der Waals surface area (Å²) >= 11 is 0. The lowest BCUT2D eigenvalue weighted by Crippen LogP contribution is -2.34. The highest BCUT2D eigenvalue weighted by Crippen LogP contribution is 2.48. The molecule has 0 N–H and O–H groups in total. The summed E-state index contributed by atoms with van der Waals surface area (Å²) in [5, 5.41) is 0. The Morgan fingerprint density at radius 3 is 1.82 bits per heavy atom. The van der Waals surface area contributed by atoms with E-state index in [0.717, 1.165) is 18.6 Å². The first kappa shape index (κ1) is 16.5. The molecule has 1 aromatic carbocycles.